The molecule has 1 heterocycles. The SMILES string of the molecule is Cc1ccccc1[C@@H](NC(=O)[C@H]1CN(S(=O)(=O)c2ccccc2)c2ccccc2O1)c1ccccc1. The standard InChI is InChI=1S/C29H26N2O4S/c1-21-12-8-9-17-24(21)28(22-13-4-2-5-14-22)30-29(32)27-20-31(25-18-10-11-19-26(25)35-27)36(33,34)23-15-6-3-7-16-23/h2-19,27-28H,20H2,1H3,(H,30,32)/t27-,28+/m1/s1. The largest absolute Gasteiger partial charge is 0.476 e. The third kappa shape index (κ3) is 4.57. The minimum absolute atomic E-state index is 0.143. The van der Waals surface area contributed by atoms with Crippen molar-refractivity contribution >= 4 is 21.6 Å². The highest BCUT2D eigenvalue weighted by molar-refractivity contribution is 7.92. The van der Waals surface area contributed by atoms with Crippen molar-refractivity contribution in [2.45, 2.75) is 24.0 Å². The summed E-state index contributed by atoms with van der Waals surface area (Å²) in [5, 5.41) is 3.12. The van der Waals surface area contributed by atoms with Gasteiger partial charge in [0.15, 0.2) is 6.10 Å². The molecule has 0 aliphatic carbocycles. The van der Waals surface area contributed by atoms with Crippen LogP contribution >= 0.6 is 0 Å². The van der Waals surface area contributed by atoms with Crippen LogP contribution in [0.4, 0.5) is 5.69 Å². The molecule has 1 aliphatic rings. The molecule has 2 atom stereocenters. The van der Waals surface area contributed by atoms with Gasteiger partial charge in [0.25, 0.3) is 15.9 Å². The number of benzene rings is 4. The Hall–Kier alpha value is -4.10. The van der Waals surface area contributed by atoms with Gasteiger partial charge in [0, 0.05) is 0 Å². The lowest BCUT2D eigenvalue weighted by Gasteiger charge is -2.35. The van der Waals surface area contributed by atoms with E-state index in [9.17, 15) is 13.2 Å². The maximum absolute atomic E-state index is 13.6. The van der Waals surface area contributed by atoms with Crippen molar-refractivity contribution in [2.75, 3.05) is 10.8 Å². The summed E-state index contributed by atoms with van der Waals surface area (Å²) in [6, 6.07) is 32.2. The molecule has 0 bridgehead atoms. The lowest BCUT2D eigenvalue weighted by atomic mass is 9.94. The highest BCUT2D eigenvalue weighted by Gasteiger charge is 2.38. The quantitative estimate of drug-likeness (QED) is 0.412. The van der Waals surface area contributed by atoms with Crippen LogP contribution in [-0.4, -0.2) is 27.0 Å². The van der Waals surface area contributed by atoms with E-state index in [1.807, 2.05) is 61.5 Å². The number of amides is 1. The fourth-order valence-corrected chi connectivity index (χ4v) is 5.92. The topological polar surface area (TPSA) is 75.7 Å². The molecule has 0 saturated carbocycles. The van der Waals surface area contributed by atoms with Gasteiger partial charge < -0.3 is 10.1 Å². The van der Waals surface area contributed by atoms with Crippen LogP contribution < -0.4 is 14.4 Å². The fraction of sp³-hybridized carbons (Fsp3) is 0.138. The first-order chi connectivity index (χ1) is 17.4. The van der Waals surface area contributed by atoms with Crippen molar-refractivity contribution in [3.05, 3.63) is 126 Å². The van der Waals surface area contributed by atoms with E-state index in [-0.39, 0.29) is 11.4 Å². The Kier molecular flexibility index (Phi) is 6.48. The Morgan fingerprint density at radius 3 is 2.19 bits per heavy atom. The molecule has 0 spiro atoms. The molecule has 0 saturated heterocycles. The van der Waals surface area contributed by atoms with Crippen LogP contribution in [0.25, 0.3) is 0 Å². The zero-order chi connectivity index (χ0) is 25.1. The van der Waals surface area contributed by atoms with Gasteiger partial charge in [0.1, 0.15) is 5.75 Å². The molecule has 4 aromatic carbocycles. The molecule has 4 aromatic rings. The van der Waals surface area contributed by atoms with Crippen molar-refractivity contribution in [3.63, 3.8) is 0 Å². The monoisotopic (exact) mass is 498 g/mol. The average molecular weight is 499 g/mol. The zero-order valence-electron chi connectivity index (χ0n) is 19.7. The van der Waals surface area contributed by atoms with Gasteiger partial charge in [0.2, 0.25) is 0 Å². The summed E-state index contributed by atoms with van der Waals surface area (Å²) in [4.78, 5) is 13.8. The lowest BCUT2D eigenvalue weighted by Crippen LogP contribution is -2.51. The van der Waals surface area contributed by atoms with E-state index in [1.54, 1.807) is 54.6 Å². The van der Waals surface area contributed by atoms with Gasteiger partial charge in [-0.25, -0.2) is 8.42 Å². The number of para-hydroxylation sites is 2. The summed E-state index contributed by atoms with van der Waals surface area (Å²) in [6.07, 6.45) is -1.03. The van der Waals surface area contributed by atoms with Gasteiger partial charge >= 0.3 is 0 Å². The average Bonchev–Trinajstić information content (AvgIpc) is 2.92. The van der Waals surface area contributed by atoms with E-state index in [0.717, 1.165) is 16.7 Å². The molecule has 36 heavy (non-hydrogen) atoms. The minimum Gasteiger partial charge on any atom is -0.476 e. The highest BCUT2D eigenvalue weighted by Crippen LogP contribution is 2.37. The number of sulfonamides is 1. The number of nitrogens with one attached hydrogen (secondary N) is 1. The summed E-state index contributed by atoms with van der Waals surface area (Å²) in [5.74, 6) is -0.0505. The molecule has 1 N–H and O–H groups in total. The van der Waals surface area contributed by atoms with Gasteiger partial charge in [-0.2, -0.15) is 0 Å². The molecule has 6 nitrogen and oxygen atoms in total. The number of hydrogen-bond acceptors (Lipinski definition) is 4. The van der Waals surface area contributed by atoms with Crippen LogP contribution in [0.1, 0.15) is 22.7 Å². The molecule has 0 fully saturated rings. The van der Waals surface area contributed by atoms with E-state index in [0.29, 0.717) is 11.4 Å². The predicted molar refractivity (Wildman–Crippen MR) is 139 cm³/mol. The molecule has 1 amide bonds. The van der Waals surface area contributed by atoms with Crippen molar-refractivity contribution in [1.82, 2.24) is 5.32 Å². The number of rotatable bonds is 6. The van der Waals surface area contributed by atoms with E-state index in [4.69, 9.17) is 4.74 Å². The predicted octanol–water partition coefficient (Wildman–Crippen LogP) is 4.86. The Morgan fingerprint density at radius 1 is 0.861 bits per heavy atom. The number of ether oxygens (including phenoxy) is 1. The number of fused-ring (bicyclic) bond motifs is 1. The Morgan fingerprint density at radius 2 is 1.47 bits per heavy atom. The van der Waals surface area contributed by atoms with Gasteiger partial charge in [-0.3, -0.25) is 9.10 Å². The molecular weight excluding hydrogens is 472 g/mol. The van der Waals surface area contributed by atoms with E-state index in [1.165, 1.54) is 4.31 Å². The van der Waals surface area contributed by atoms with Gasteiger partial charge in [-0.05, 0) is 47.9 Å². The van der Waals surface area contributed by atoms with Crippen LogP contribution in [-0.2, 0) is 14.8 Å². The van der Waals surface area contributed by atoms with Crippen LogP contribution in [0.3, 0.4) is 0 Å². The fourth-order valence-electron chi connectivity index (χ4n) is 4.42. The maximum atomic E-state index is 13.6. The summed E-state index contributed by atoms with van der Waals surface area (Å²) >= 11 is 0. The molecule has 5 rings (SSSR count). The van der Waals surface area contributed by atoms with Crippen LogP contribution in [0.15, 0.2) is 114 Å². The van der Waals surface area contributed by atoms with Gasteiger partial charge in [-0.15, -0.1) is 0 Å². The first-order valence-electron chi connectivity index (χ1n) is 11.7. The number of carbonyl (C=O) groups excluding carboxylic acids is 1. The molecule has 7 heteroatoms. The summed E-state index contributed by atoms with van der Waals surface area (Å²) < 4.78 is 34.4. The molecule has 0 aromatic heterocycles. The summed E-state index contributed by atoms with van der Waals surface area (Å²) in [6.45, 7) is 1.86. The summed E-state index contributed by atoms with van der Waals surface area (Å²) in [7, 11) is -3.91. The maximum Gasteiger partial charge on any atom is 0.264 e. The smallest absolute Gasteiger partial charge is 0.264 e. The third-order valence-corrected chi connectivity index (χ3v) is 8.07. The van der Waals surface area contributed by atoms with Crippen molar-refractivity contribution in [3.8, 4) is 5.75 Å². The molecule has 0 unspecified atom stereocenters. The Balaban J connectivity index is 1.49. The molecule has 1 aliphatic heterocycles. The van der Waals surface area contributed by atoms with Crippen molar-refractivity contribution in [1.29, 1.82) is 0 Å². The third-order valence-electron chi connectivity index (χ3n) is 6.28. The van der Waals surface area contributed by atoms with Crippen molar-refractivity contribution in [2.24, 2.45) is 0 Å². The molecular formula is C29H26N2O4S. The van der Waals surface area contributed by atoms with E-state index >= 15 is 0 Å². The number of hydrogen-bond donors (Lipinski definition) is 1. The van der Waals surface area contributed by atoms with E-state index in [2.05, 4.69) is 5.32 Å². The molecule has 182 valence electrons. The first kappa shape index (κ1) is 23.6. The van der Waals surface area contributed by atoms with Crippen LogP contribution in [0.5, 0.6) is 5.75 Å². The van der Waals surface area contributed by atoms with Crippen LogP contribution in [0, 0.1) is 6.92 Å². The second-order valence-electron chi connectivity index (χ2n) is 8.63. The first-order valence-corrected chi connectivity index (χ1v) is 13.1. The number of aryl methyl sites for hydroxylation is 1. The molecule has 0 radical (unpaired) electrons. The number of nitrogens with zero attached hydrogens (tertiary/aromatic N) is 1. The second kappa shape index (κ2) is 9.87. The lowest BCUT2D eigenvalue weighted by molar-refractivity contribution is -0.128. The number of carbonyl (C=O) groups is 1. The minimum atomic E-state index is -3.91. The zero-order valence-corrected chi connectivity index (χ0v) is 20.6. The van der Waals surface area contributed by atoms with Gasteiger partial charge in [0.05, 0.1) is 23.2 Å². The highest BCUT2D eigenvalue weighted by atomic mass is 32.2. The number of anilines is 1. The normalized spacial score (nSPS) is 15.9. The Bertz CT molecular complexity index is 1470. The second-order valence-corrected chi connectivity index (χ2v) is 10.5. The van der Waals surface area contributed by atoms with E-state index < -0.39 is 28.1 Å². The van der Waals surface area contributed by atoms with Crippen LogP contribution in [0.2, 0.25) is 0 Å². The Labute approximate surface area is 211 Å². The van der Waals surface area contributed by atoms with Gasteiger partial charge in [-0.1, -0.05) is 84.9 Å². The summed E-state index contributed by atoms with van der Waals surface area (Å²) in [5.41, 5.74) is 3.32. The van der Waals surface area contributed by atoms with Crippen molar-refractivity contribution < 1.29 is 17.9 Å².